The number of ether oxygens (including phenoxy) is 1. The summed E-state index contributed by atoms with van der Waals surface area (Å²) in [5.74, 6) is 0.965. The van der Waals surface area contributed by atoms with Gasteiger partial charge in [0.1, 0.15) is 11.6 Å². The van der Waals surface area contributed by atoms with Crippen molar-refractivity contribution in [1.82, 2.24) is 9.78 Å². The summed E-state index contributed by atoms with van der Waals surface area (Å²) in [5.41, 5.74) is 0.502. The van der Waals surface area contributed by atoms with Gasteiger partial charge in [-0.2, -0.15) is 10.4 Å². The van der Waals surface area contributed by atoms with Gasteiger partial charge >= 0.3 is 0 Å². The van der Waals surface area contributed by atoms with E-state index in [1.54, 1.807) is 36.5 Å². The predicted octanol–water partition coefficient (Wildman–Crippen LogP) is 2.89. The summed E-state index contributed by atoms with van der Waals surface area (Å²) < 4.78 is 7.32. The largest absolute Gasteiger partial charge is 0.484 e. The third kappa shape index (κ3) is 3.69. The van der Waals surface area contributed by atoms with E-state index in [1.807, 2.05) is 10.8 Å². The van der Waals surface area contributed by atoms with Crippen molar-refractivity contribution < 1.29 is 9.53 Å². The summed E-state index contributed by atoms with van der Waals surface area (Å²) in [4.78, 5) is 12.1. The molecule has 0 radical (unpaired) electrons. The molecule has 1 aromatic heterocycles. The Balaban J connectivity index is 1.57. The van der Waals surface area contributed by atoms with Crippen molar-refractivity contribution in [3.63, 3.8) is 0 Å². The van der Waals surface area contributed by atoms with E-state index in [0.717, 1.165) is 12.8 Å². The van der Waals surface area contributed by atoms with Crippen molar-refractivity contribution in [1.29, 1.82) is 5.26 Å². The number of amides is 1. The lowest BCUT2D eigenvalue weighted by molar-refractivity contribution is -0.118. The number of carbonyl (C=O) groups is 1. The van der Waals surface area contributed by atoms with Gasteiger partial charge in [0.05, 0.1) is 23.9 Å². The quantitative estimate of drug-likeness (QED) is 0.921. The van der Waals surface area contributed by atoms with Gasteiger partial charge in [0.25, 0.3) is 5.91 Å². The highest BCUT2D eigenvalue weighted by atomic mass is 16.5. The summed E-state index contributed by atoms with van der Waals surface area (Å²) >= 11 is 0. The molecule has 1 aliphatic carbocycles. The second kappa shape index (κ2) is 6.97. The van der Waals surface area contributed by atoms with Crippen LogP contribution in [0, 0.1) is 11.3 Å². The van der Waals surface area contributed by atoms with Crippen LogP contribution in [0.25, 0.3) is 0 Å². The molecule has 1 aromatic carbocycles. The molecule has 2 aromatic rings. The van der Waals surface area contributed by atoms with Crippen LogP contribution in [0.1, 0.15) is 37.3 Å². The lowest BCUT2D eigenvalue weighted by Crippen LogP contribution is -2.23. The van der Waals surface area contributed by atoms with Crippen LogP contribution in [0.3, 0.4) is 0 Å². The summed E-state index contributed by atoms with van der Waals surface area (Å²) in [7, 11) is 0. The van der Waals surface area contributed by atoms with Crippen LogP contribution < -0.4 is 10.1 Å². The van der Waals surface area contributed by atoms with E-state index in [1.165, 1.54) is 12.8 Å². The Morgan fingerprint density at radius 2 is 2.22 bits per heavy atom. The van der Waals surface area contributed by atoms with Crippen LogP contribution in [0.5, 0.6) is 5.75 Å². The number of hydrogen-bond donors (Lipinski definition) is 1. The second-order valence-electron chi connectivity index (χ2n) is 5.58. The standard InChI is InChI=1S/C17H18N4O2/c18-11-13-4-3-7-15(10-13)23-12-17(22)20-16-8-9-19-21(16)14-5-1-2-6-14/h3-4,7-10,14H,1-2,5-6,12H2,(H,20,22). The van der Waals surface area contributed by atoms with Crippen LogP contribution in [-0.2, 0) is 4.79 Å². The topological polar surface area (TPSA) is 79.9 Å². The van der Waals surface area contributed by atoms with Gasteiger partial charge in [0.2, 0.25) is 0 Å². The molecule has 1 N–H and O–H groups in total. The fourth-order valence-electron chi connectivity index (χ4n) is 2.84. The molecule has 1 heterocycles. The van der Waals surface area contributed by atoms with Gasteiger partial charge in [0.15, 0.2) is 6.61 Å². The highest BCUT2D eigenvalue weighted by Gasteiger charge is 2.20. The van der Waals surface area contributed by atoms with Gasteiger partial charge in [0, 0.05) is 6.07 Å². The normalized spacial score (nSPS) is 14.4. The number of anilines is 1. The average molecular weight is 310 g/mol. The summed E-state index contributed by atoms with van der Waals surface area (Å²) in [6.45, 7) is -0.106. The molecule has 0 bridgehead atoms. The molecular weight excluding hydrogens is 292 g/mol. The Labute approximate surface area is 134 Å². The molecule has 0 saturated heterocycles. The van der Waals surface area contributed by atoms with Gasteiger partial charge in [-0.25, -0.2) is 4.68 Å². The Bertz CT molecular complexity index is 726. The molecule has 3 rings (SSSR count). The van der Waals surface area contributed by atoms with E-state index in [2.05, 4.69) is 10.4 Å². The van der Waals surface area contributed by atoms with Gasteiger partial charge in [-0.1, -0.05) is 18.9 Å². The predicted molar refractivity (Wildman–Crippen MR) is 85.0 cm³/mol. The Morgan fingerprint density at radius 1 is 1.39 bits per heavy atom. The van der Waals surface area contributed by atoms with E-state index in [9.17, 15) is 4.79 Å². The molecule has 23 heavy (non-hydrogen) atoms. The fraction of sp³-hybridized carbons (Fsp3) is 0.353. The van der Waals surface area contributed by atoms with Crippen LogP contribution in [0.4, 0.5) is 5.82 Å². The molecule has 1 amide bonds. The van der Waals surface area contributed by atoms with Crippen molar-refractivity contribution in [3.8, 4) is 11.8 Å². The number of nitrogens with zero attached hydrogens (tertiary/aromatic N) is 3. The van der Waals surface area contributed by atoms with Crippen molar-refractivity contribution in [2.75, 3.05) is 11.9 Å². The van der Waals surface area contributed by atoms with Crippen molar-refractivity contribution in [2.24, 2.45) is 0 Å². The summed E-state index contributed by atoms with van der Waals surface area (Å²) in [6.07, 6.45) is 6.31. The first-order valence-corrected chi connectivity index (χ1v) is 7.72. The zero-order valence-electron chi connectivity index (χ0n) is 12.7. The van der Waals surface area contributed by atoms with Crippen LogP contribution in [0.15, 0.2) is 36.5 Å². The number of benzene rings is 1. The lowest BCUT2D eigenvalue weighted by atomic mass is 10.2. The smallest absolute Gasteiger partial charge is 0.263 e. The minimum Gasteiger partial charge on any atom is -0.484 e. The molecule has 6 nitrogen and oxygen atoms in total. The minimum absolute atomic E-state index is 0.106. The monoisotopic (exact) mass is 310 g/mol. The first-order chi connectivity index (χ1) is 11.3. The number of hydrogen-bond acceptors (Lipinski definition) is 4. The third-order valence-corrected chi connectivity index (χ3v) is 3.94. The molecule has 6 heteroatoms. The second-order valence-corrected chi connectivity index (χ2v) is 5.58. The van der Waals surface area contributed by atoms with Gasteiger partial charge in [-0.3, -0.25) is 4.79 Å². The number of aromatic nitrogens is 2. The third-order valence-electron chi connectivity index (χ3n) is 3.94. The maximum atomic E-state index is 12.1. The van der Waals surface area contributed by atoms with Gasteiger partial charge < -0.3 is 10.1 Å². The fourth-order valence-corrected chi connectivity index (χ4v) is 2.84. The number of carbonyl (C=O) groups excluding carboxylic acids is 1. The maximum Gasteiger partial charge on any atom is 0.263 e. The van der Waals surface area contributed by atoms with E-state index in [0.29, 0.717) is 23.2 Å². The first kappa shape index (κ1) is 15.1. The van der Waals surface area contributed by atoms with E-state index >= 15 is 0 Å². The summed E-state index contributed by atoms with van der Waals surface area (Å²) in [5, 5.41) is 16.0. The zero-order chi connectivity index (χ0) is 16.1. The van der Waals surface area contributed by atoms with Gasteiger partial charge in [-0.05, 0) is 31.0 Å². The minimum atomic E-state index is -0.243. The average Bonchev–Trinajstić information content (AvgIpc) is 3.24. The molecule has 1 aliphatic rings. The summed E-state index contributed by atoms with van der Waals surface area (Å²) in [6, 6.07) is 10.9. The Kier molecular flexibility index (Phi) is 4.57. The molecule has 0 atom stereocenters. The Morgan fingerprint density at radius 3 is 3.00 bits per heavy atom. The highest BCUT2D eigenvalue weighted by molar-refractivity contribution is 5.91. The molecular formula is C17H18N4O2. The number of nitrogens with one attached hydrogen (secondary N) is 1. The molecule has 0 unspecified atom stereocenters. The van der Waals surface area contributed by atoms with Crippen molar-refractivity contribution in [2.45, 2.75) is 31.7 Å². The number of nitriles is 1. The van der Waals surface area contributed by atoms with Crippen molar-refractivity contribution >= 4 is 11.7 Å². The first-order valence-electron chi connectivity index (χ1n) is 7.72. The van der Waals surface area contributed by atoms with Crippen LogP contribution in [0.2, 0.25) is 0 Å². The van der Waals surface area contributed by atoms with Crippen molar-refractivity contribution in [3.05, 3.63) is 42.1 Å². The molecule has 118 valence electrons. The van der Waals surface area contributed by atoms with Crippen LogP contribution in [-0.4, -0.2) is 22.3 Å². The molecule has 1 fully saturated rings. The van der Waals surface area contributed by atoms with Crippen LogP contribution >= 0.6 is 0 Å². The van der Waals surface area contributed by atoms with E-state index < -0.39 is 0 Å². The lowest BCUT2D eigenvalue weighted by Gasteiger charge is -2.14. The maximum absolute atomic E-state index is 12.1. The van der Waals surface area contributed by atoms with E-state index in [-0.39, 0.29) is 12.5 Å². The molecule has 0 aliphatic heterocycles. The highest BCUT2D eigenvalue weighted by Crippen LogP contribution is 2.31. The van der Waals surface area contributed by atoms with E-state index in [4.69, 9.17) is 10.00 Å². The molecule has 0 spiro atoms. The Hall–Kier alpha value is -2.81. The zero-order valence-corrected chi connectivity index (χ0v) is 12.7. The van der Waals surface area contributed by atoms with Gasteiger partial charge in [-0.15, -0.1) is 0 Å². The SMILES string of the molecule is N#Cc1cccc(OCC(=O)Nc2ccnn2C2CCCC2)c1. The number of rotatable bonds is 5. The molecule has 1 saturated carbocycles.